The first-order valence-electron chi connectivity index (χ1n) is 2.93. The standard InChI is InChI=1S/C7H6F2O2/c8-5-2-1-4(3-10)7(11)6(5)9/h1-2,10-11H,3H2. The zero-order chi connectivity index (χ0) is 8.43. The van der Waals surface area contributed by atoms with Gasteiger partial charge < -0.3 is 10.2 Å². The number of aliphatic hydroxyl groups is 1. The minimum atomic E-state index is -1.32. The van der Waals surface area contributed by atoms with Crippen LogP contribution in [0, 0.1) is 11.6 Å². The molecule has 0 aromatic heterocycles. The Kier molecular flexibility index (Phi) is 2.05. The van der Waals surface area contributed by atoms with E-state index in [0.29, 0.717) is 0 Å². The number of hydrogen-bond donors (Lipinski definition) is 2. The molecule has 0 heterocycles. The molecule has 0 radical (unpaired) electrons. The molecule has 60 valence electrons. The second kappa shape index (κ2) is 2.84. The SMILES string of the molecule is OCc1ccc(F)c(F)c1O. The second-order valence-electron chi connectivity index (χ2n) is 2.03. The molecule has 0 bridgehead atoms. The van der Waals surface area contributed by atoms with Crippen LogP contribution in [0.25, 0.3) is 0 Å². The van der Waals surface area contributed by atoms with E-state index in [1.807, 2.05) is 0 Å². The van der Waals surface area contributed by atoms with Crippen molar-refractivity contribution in [2.24, 2.45) is 0 Å². The molecule has 1 rings (SSSR count). The fraction of sp³-hybridized carbons (Fsp3) is 0.143. The average Bonchev–Trinajstić information content (AvgIpc) is 2.01. The molecule has 0 aliphatic carbocycles. The van der Waals surface area contributed by atoms with Gasteiger partial charge in [-0.3, -0.25) is 0 Å². The predicted molar refractivity (Wildman–Crippen MR) is 33.9 cm³/mol. The summed E-state index contributed by atoms with van der Waals surface area (Å²) >= 11 is 0. The smallest absolute Gasteiger partial charge is 0.200 e. The summed E-state index contributed by atoms with van der Waals surface area (Å²) in [7, 11) is 0. The molecule has 0 aliphatic rings. The first-order chi connectivity index (χ1) is 5.16. The molecule has 1 aromatic carbocycles. The monoisotopic (exact) mass is 160 g/mol. The van der Waals surface area contributed by atoms with Crippen molar-refractivity contribution < 1.29 is 19.0 Å². The number of aromatic hydroxyl groups is 1. The third kappa shape index (κ3) is 1.30. The van der Waals surface area contributed by atoms with E-state index in [0.717, 1.165) is 12.1 Å². The molecule has 0 atom stereocenters. The zero-order valence-electron chi connectivity index (χ0n) is 5.51. The number of halogens is 2. The van der Waals surface area contributed by atoms with Gasteiger partial charge in [-0.2, -0.15) is 4.39 Å². The molecular weight excluding hydrogens is 154 g/mol. The van der Waals surface area contributed by atoms with Gasteiger partial charge in [-0.25, -0.2) is 4.39 Å². The van der Waals surface area contributed by atoms with Gasteiger partial charge in [0.1, 0.15) is 0 Å². The first-order valence-corrected chi connectivity index (χ1v) is 2.93. The quantitative estimate of drug-likeness (QED) is 0.647. The summed E-state index contributed by atoms with van der Waals surface area (Å²) in [6.07, 6.45) is 0. The van der Waals surface area contributed by atoms with E-state index < -0.39 is 24.0 Å². The van der Waals surface area contributed by atoms with Gasteiger partial charge in [0, 0.05) is 5.56 Å². The summed E-state index contributed by atoms with van der Waals surface area (Å²) in [6.45, 7) is -0.511. The fourth-order valence-corrected chi connectivity index (χ4v) is 0.708. The van der Waals surface area contributed by atoms with Gasteiger partial charge in [-0.1, -0.05) is 0 Å². The Labute approximate surface area is 61.7 Å². The number of aliphatic hydroxyl groups excluding tert-OH is 1. The molecule has 2 N–H and O–H groups in total. The van der Waals surface area contributed by atoms with Crippen molar-refractivity contribution >= 4 is 0 Å². The van der Waals surface area contributed by atoms with Crippen LogP contribution >= 0.6 is 0 Å². The molecule has 0 unspecified atom stereocenters. The van der Waals surface area contributed by atoms with E-state index >= 15 is 0 Å². The molecule has 0 amide bonds. The Balaban J connectivity index is 3.25. The van der Waals surface area contributed by atoms with Crippen molar-refractivity contribution in [3.05, 3.63) is 29.3 Å². The zero-order valence-corrected chi connectivity index (χ0v) is 5.51. The van der Waals surface area contributed by atoms with Crippen LogP contribution in [0.2, 0.25) is 0 Å². The van der Waals surface area contributed by atoms with Crippen LogP contribution in [0.3, 0.4) is 0 Å². The van der Waals surface area contributed by atoms with Gasteiger partial charge in [0.25, 0.3) is 0 Å². The van der Waals surface area contributed by atoms with Crippen LogP contribution in [0.5, 0.6) is 5.75 Å². The maximum atomic E-state index is 12.4. The highest BCUT2D eigenvalue weighted by molar-refractivity contribution is 5.33. The number of phenols is 1. The largest absolute Gasteiger partial charge is 0.504 e. The van der Waals surface area contributed by atoms with Crippen molar-refractivity contribution in [2.75, 3.05) is 0 Å². The number of benzene rings is 1. The minimum absolute atomic E-state index is 0.0242. The first kappa shape index (κ1) is 7.94. The lowest BCUT2D eigenvalue weighted by atomic mass is 10.2. The van der Waals surface area contributed by atoms with Crippen LogP contribution in [0.1, 0.15) is 5.56 Å². The third-order valence-corrected chi connectivity index (χ3v) is 1.32. The van der Waals surface area contributed by atoms with Crippen molar-refractivity contribution in [3.8, 4) is 5.75 Å². The predicted octanol–water partition coefficient (Wildman–Crippen LogP) is 1.16. The molecule has 0 aliphatic heterocycles. The van der Waals surface area contributed by atoms with Crippen molar-refractivity contribution in [2.45, 2.75) is 6.61 Å². The van der Waals surface area contributed by atoms with E-state index in [4.69, 9.17) is 10.2 Å². The van der Waals surface area contributed by atoms with Crippen LogP contribution in [-0.2, 0) is 6.61 Å². The van der Waals surface area contributed by atoms with E-state index in [-0.39, 0.29) is 5.56 Å². The summed E-state index contributed by atoms with van der Waals surface area (Å²) in [6, 6.07) is 1.97. The van der Waals surface area contributed by atoms with E-state index in [1.165, 1.54) is 0 Å². The maximum Gasteiger partial charge on any atom is 0.200 e. The van der Waals surface area contributed by atoms with Crippen LogP contribution in [0.4, 0.5) is 8.78 Å². The molecule has 0 fully saturated rings. The summed E-state index contributed by atoms with van der Waals surface area (Å²) < 4.78 is 24.7. The van der Waals surface area contributed by atoms with Gasteiger partial charge in [0.05, 0.1) is 6.61 Å². The highest BCUT2D eigenvalue weighted by Crippen LogP contribution is 2.22. The second-order valence-corrected chi connectivity index (χ2v) is 2.03. The Bertz CT molecular complexity index is 273. The van der Waals surface area contributed by atoms with E-state index in [1.54, 1.807) is 0 Å². The molecule has 0 saturated heterocycles. The van der Waals surface area contributed by atoms with Crippen molar-refractivity contribution in [1.82, 2.24) is 0 Å². The van der Waals surface area contributed by atoms with Gasteiger partial charge in [-0.15, -0.1) is 0 Å². The molecule has 0 saturated carbocycles. The Morgan fingerprint density at radius 2 is 1.91 bits per heavy atom. The summed E-state index contributed by atoms with van der Waals surface area (Å²) in [5.41, 5.74) is -0.0242. The van der Waals surface area contributed by atoms with E-state index in [2.05, 4.69) is 0 Å². The van der Waals surface area contributed by atoms with Gasteiger partial charge in [0.2, 0.25) is 5.82 Å². The Hall–Kier alpha value is -1.16. The molecule has 2 nitrogen and oxygen atoms in total. The van der Waals surface area contributed by atoms with Crippen molar-refractivity contribution in [1.29, 1.82) is 0 Å². The molecule has 1 aromatic rings. The normalized spacial score (nSPS) is 10.1. The average molecular weight is 160 g/mol. The maximum absolute atomic E-state index is 12.4. The van der Waals surface area contributed by atoms with Gasteiger partial charge in [0.15, 0.2) is 11.6 Å². The van der Waals surface area contributed by atoms with Crippen LogP contribution in [0.15, 0.2) is 12.1 Å². The van der Waals surface area contributed by atoms with Gasteiger partial charge >= 0.3 is 0 Å². The summed E-state index contributed by atoms with van der Waals surface area (Å²) in [5, 5.41) is 17.3. The highest BCUT2D eigenvalue weighted by atomic mass is 19.2. The van der Waals surface area contributed by atoms with Crippen LogP contribution < -0.4 is 0 Å². The molecule has 0 spiro atoms. The topological polar surface area (TPSA) is 40.5 Å². The molecule has 11 heavy (non-hydrogen) atoms. The number of rotatable bonds is 1. The molecule has 4 heteroatoms. The fourth-order valence-electron chi connectivity index (χ4n) is 0.708. The van der Waals surface area contributed by atoms with Gasteiger partial charge in [-0.05, 0) is 12.1 Å². The van der Waals surface area contributed by atoms with Crippen LogP contribution in [-0.4, -0.2) is 10.2 Å². The number of hydrogen-bond acceptors (Lipinski definition) is 2. The van der Waals surface area contributed by atoms with Crippen molar-refractivity contribution in [3.63, 3.8) is 0 Å². The summed E-state index contributed by atoms with van der Waals surface area (Å²) in [5.74, 6) is -3.27. The lowest BCUT2D eigenvalue weighted by Gasteiger charge is -2.01. The minimum Gasteiger partial charge on any atom is -0.504 e. The third-order valence-electron chi connectivity index (χ3n) is 1.32. The summed E-state index contributed by atoms with van der Waals surface area (Å²) in [4.78, 5) is 0. The van der Waals surface area contributed by atoms with E-state index in [9.17, 15) is 8.78 Å². The Morgan fingerprint density at radius 3 is 2.45 bits per heavy atom. The highest BCUT2D eigenvalue weighted by Gasteiger charge is 2.10. The molecular formula is C7H6F2O2. The lowest BCUT2D eigenvalue weighted by Crippen LogP contribution is -1.90. The lowest BCUT2D eigenvalue weighted by molar-refractivity contribution is 0.272. The Morgan fingerprint density at radius 1 is 1.27 bits per heavy atom.